The largest absolute Gasteiger partial charge is 0.416 e. The summed E-state index contributed by atoms with van der Waals surface area (Å²) in [7, 11) is 0. The van der Waals surface area contributed by atoms with Crippen LogP contribution in [0.2, 0.25) is 0 Å². The number of nitrogens with one attached hydrogen (secondary N) is 3. The van der Waals surface area contributed by atoms with Crippen LogP contribution in [0.4, 0.5) is 43.7 Å². The minimum absolute atomic E-state index is 0.0359. The highest BCUT2D eigenvalue weighted by molar-refractivity contribution is 6.05. The number of fused-ring (bicyclic) bond motifs is 1. The second kappa shape index (κ2) is 9.98. The fourth-order valence-corrected chi connectivity index (χ4v) is 3.96. The molecule has 0 fully saturated rings. The molecule has 0 saturated carbocycles. The lowest BCUT2D eigenvalue weighted by molar-refractivity contribution is -0.143. The number of hydrogen-bond acceptors (Lipinski definition) is 5. The van der Waals surface area contributed by atoms with Gasteiger partial charge in [-0.2, -0.15) is 26.3 Å². The van der Waals surface area contributed by atoms with Gasteiger partial charge in [-0.1, -0.05) is 6.07 Å². The van der Waals surface area contributed by atoms with Crippen molar-refractivity contribution in [3.63, 3.8) is 0 Å². The quantitative estimate of drug-likeness (QED) is 0.197. The Hall–Kier alpha value is -4.94. The van der Waals surface area contributed by atoms with Crippen molar-refractivity contribution in [3.8, 4) is 11.3 Å². The van der Waals surface area contributed by atoms with Gasteiger partial charge >= 0.3 is 12.4 Å². The molecule has 0 saturated heterocycles. The summed E-state index contributed by atoms with van der Waals surface area (Å²) in [5.74, 6) is -0.930. The van der Waals surface area contributed by atoms with Crippen molar-refractivity contribution in [2.24, 2.45) is 0 Å². The number of carbonyl (C=O) groups excluding carboxylic acids is 1. The molecule has 7 nitrogen and oxygen atoms in total. The van der Waals surface area contributed by atoms with E-state index in [2.05, 4.69) is 30.6 Å². The average molecular weight is 556 g/mol. The Morgan fingerprint density at radius 1 is 0.900 bits per heavy atom. The van der Waals surface area contributed by atoms with Crippen LogP contribution in [0.3, 0.4) is 0 Å². The van der Waals surface area contributed by atoms with Gasteiger partial charge in [0.05, 0.1) is 22.2 Å². The van der Waals surface area contributed by atoms with Gasteiger partial charge < -0.3 is 15.6 Å². The molecule has 13 heteroatoms. The number of pyridine rings is 1. The summed E-state index contributed by atoms with van der Waals surface area (Å²) in [5.41, 5.74) is -0.0593. The van der Waals surface area contributed by atoms with Crippen molar-refractivity contribution in [2.75, 3.05) is 10.6 Å². The molecule has 2 aromatic carbocycles. The van der Waals surface area contributed by atoms with Gasteiger partial charge in [0.2, 0.25) is 5.95 Å². The van der Waals surface area contributed by atoms with E-state index in [1.807, 2.05) is 6.07 Å². The molecule has 1 amide bonds. The Bertz CT molecular complexity index is 1680. The minimum atomic E-state index is -5.08. The Morgan fingerprint density at radius 2 is 1.62 bits per heavy atom. The number of hydrogen-bond donors (Lipinski definition) is 3. The highest BCUT2D eigenvalue weighted by Gasteiger charge is 2.37. The highest BCUT2D eigenvalue weighted by Crippen LogP contribution is 2.36. The monoisotopic (exact) mass is 556 g/mol. The standard InChI is InChI=1S/C27H18F6N6O/c1-14-4-5-19(36-24(40)16-9-17(26(28,29)30)11-18(10-16)27(31,32)33)12-21(14)38-25-37-20-6-8-35-23(20)22(39-25)15-3-2-7-34-13-15/h2-13,35H,1H3,(H,36,40)(H,37,38,39). The van der Waals surface area contributed by atoms with Crippen LogP contribution in [0.25, 0.3) is 22.3 Å². The molecule has 204 valence electrons. The summed E-state index contributed by atoms with van der Waals surface area (Å²) in [4.78, 5) is 29.0. The van der Waals surface area contributed by atoms with Crippen LogP contribution in [0.5, 0.6) is 0 Å². The number of amides is 1. The molecule has 0 unspecified atom stereocenters. The molecular formula is C27H18F6N6O. The van der Waals surface area contributed by atoms with Crippen LogP contribution in [-0.4, -0.2) is 25.8 Å². The van der Waals surface area contributed by atoms with E-state index in [4.69, 9.17) is 0 Å². The van der Waals surface area contributed by atoms with E-state index in [0.717, 1.165) is 5.56 Å². The lowest BCUT2D eigenvalue weighted by atomic mass is 10.0. The predicted molar refractivity (Wildman–Crippen MR) is 136 cm³/mol. The molecule has 0 aliphatic heterocycles. The van der Waals surface area contributed by atoms with Gasteiger partial charge in [0.25, 0.3) is 5.91 Å². The maximum atomic E-state index is 13.2. The number of rotatable bonds is 5. The van der Waals surface area contributed by atoms with Gasteiger partial charge in [0.15, 0.2) is 0 Å². The molecule has 3 aromatic heterocycles. The fourth-order valence-electron chi connectivity index (χ4n) is 3.96. The molecule has 3 N–H and O–H groups in total. The summed E-state index contributed by atoms with van der Waals surface area (Å²) in [6.45, 7) is 1.76. The van der Waals surface area contributed by atoms with E-state index >= 15 is 0 Å². The zero-order chi connectivity index (χ0) is 28.7. The SMILES string of the molecule is Cc1ccc(NC(=O)c2cc(C(F)(F)F)cc(C(F)(F)F)c2)cc1Nc1nc(-c2cccnc2)c2[nH]ccc2n1. The number of benzene rings is 2. The summed E-state index contributed by atoms with van der Waals surface area (Å²) in [6.07, 6.45) is -5.17. The third-order valence-corrected chi connectivity index (χ3v) is 5.93. The van der Waals surface area contributed by atoms with Crippen molar-refractivity contribution < 1.29 is 31.1 Å². The molecule has 0 bridgehead atoms. The highest BCUT2D eigenvalue weighted by atomic mass is 19.4. The lowest BCUT2D eigenvalue weighted by Crippen LogP contribution is -2.17. The van der Waals surface area contributed by atoms with Crippen molar-refractivity contribution in [1.82, 2.24) is 19.9 Å². The number of alkyl halides is 6. The summed E-state index contributed by atoms with van der Waals surface area (Å²) in [5, 5.41) is 5.43. The maximum Gasteiger partial charge on any atom is 0.416 e. The van der Waals surface area contributed by atoms with E-state index < -0.39 is 35.0 Å². The number of carbonyl (C=O) groups is 1. The average Bonchev–Trinajstić information content (AvgIpc) is 3.38. The topological polar surface area (TPSA) is 95.6 Å². The molecule has 0 atom stereocenters. The van der Waals surface area contributed by atoms with Crippen LogP contribution in [0.15, 0.2) is 73.2 Å². The molecule has 0 radical (unpaired) electrons. The van der Waals surface area contributed by atoms with E-state index in [1.165, 1.54) is 12.1 Å². The second-order valence-electron chi connectivity index (χ2n) is 8.78. The van der Waals surface area contributed by atoms with Crippen LogP contribution in [0.1, 0.15) is 27.0 Å². The van der Waals surface area contributed by atoms with Gasteiger partial charge in [-0.05, 0) is 61.0 Å². The number of aryl methyl sites for hydroxylation is 1. The Morgan fingerprint density at radius 3 is 2.27 bits per heavy atom. The van der Waals surface area contributed by atoms with Crippen LogP contribution in [-0.2, 0) is 12.4 Å². The zero-order valence-corrected chi connectivity index (χ0v) is 20.4. The smallest absolute Gasteiger partial charge is 0.358 e. The lowest BCUT2D eigenvalue weighted by Gasteiger charge is -2.15. The number of halogens is 6. The molecule has 40 heavy (non-hydrogen) atoms. The van der Waals surface area contributed by atoms with E-state index in [9.17, 15) is 31.1 Å². The van der Waals surface area contributed by atoms with Crippen LogP contribution in [0, 0.1) is 6.92 Å². The first-order valence-electron chi connectivity index (χ1n) is 11.6. The van der Waals surface area contributed by atoms with E-state index in [0.29, 0.717) is 40.1 Å². The van der Waals surface area contributed by atoms with Crippen molar-refractivity contribution >= 4 is 34.3 Å². The van der Waals surface area contributed by atoms with Crippen molar-refractivity contribution in [3.05, 3.63) is 95.4 Å². The molecule has 5 aromatic rings. The summed E-state index contributed by atoms with van der Waals surface area (Å²) >= 11 is 0. The fraction of sp³-hybridized carbons (Fsp3) is 0.111. The predicted octanol–water partition coefficient (Wildman–Crippen LogP) is 7.36. The first-order chi connectivity index (χ1) is 18.9. The molecule has 5 rings (SSSR count). The Kier molecular flexibility index (Phi) is 6.65. The summed E-state index contributed by atoms with van der Waals surface area (Å²) < 4.78 is 79.3. The van der Waals surface area contributed by atoms with E-state index in [1.54, 1.807) is 43.7 Å². The molecular weight excluding hydrogens is 538 g/mol. The van der Waals surface area contributed by atoms with Gasteiger partial charge in [-0.15, -0.1) is 0 Å². The first-order valence-corrected chi connectivity index (χ1v) is 11.6. The minimum Gasteiger partial charge on any atom is -0.358 e. The zero-order valence-electron chi connectivity index (χ0n) is 20.4. The van der Waals surface area contributed by atoms with Gasteiger partial charge in [0, 0.05) is 41.1 Å². The number of nitrogens with zero attached hydrogens (tertiary/aromatic N) is 3. The van der Waals surface area contributed by atoms with Crippen molar-refractivity contribution in [1.29, 1.82) is 0 Å². The van der Waals surface area contributed by atoms with Gasteiger partial charge in [0.1, 0.15) is 5.69 Å². The second-order valence-corrected chi connectivity index (χ2v) is 8.78. The number of anilines is 3. The third kappa shape index (κ3) is 5.58. The van der Waals surface area contributed by atoms with Crippen molar-refractivity contribution in [2.45, 2.75) is 19.3 Å². The molecule has 0 spiro atoms. The normalized spacial score (nSPS) is 12.0. The first kappa shape index (κ1) is 26.7. The Labute approximate surface area is 222 Å². The van der Waals surface area contributed by atoms with Gasteiger partial charge in [-0.3, -0.25) is 9.78 Å². The maximum absolute atomic E-state index is 13.2. The molecule has 3 heterocycles. The van der Waals surface area contributed by atoms with Crippen LogP contribution >= 0.6 is 0 Å². The third-order valence-electron chi connectivity index (χ3n) is 5.93. The van der Waals surface area contributed by atoms with Crippen LogP contribution < -0.4 is 10.6 Å². The molecule has 0 aliphatic rings. The van der Waals surface area contributed by atoms with Gasteiger partial charge in [-0.25, -0.2) is 9.97 Å². The Balaban J connectivity index is 1.45. The number of aromatic amines is 1. The molecule has 0 aliphatic carbocycles. The van der Waals surface area contributed by atoms with E-state index in [-0.39, 0.29) is 17.7 Å². The number of aromatic nitrogens is 4. The summed E-state index contributed by atoms with van der Waals surface area (Å²) in [6, 6.07) is 10.6. The number of H-pyrrole nitrogens is 1.